The number of amides is 2. The molecule has 3 atom stereocenters. The van der Waals surface area contributed by atoms with E-state index in [2.05, 4.69) is 20.9 Å². The van der Waals surface area contributed by atoms with Crippen LogP contribution in [0.25, 0.3) is 0 Å². The number of aromatic nitrogens is 1. The van der Waals surface area contributed by atoms with Gasteiger partial charge in [0.1, 0.15) is 17.7 Å². The number of benzene rings is 1. The molecule has 1 saturated heterocycles. The van der Waals surface area contributed by atoms with Crippen LogP contribution in [0.4, 0.5) is 10.2 Å². The van der Waals surface area contributed by atoms with Crippen molar-refractivity contribution in [3.8, 4) is 0 Å². The van der Waals surface area contributed by atoms with Gasteiger partial charge in [0.2, 0.25) is 11.8 Å². The van der Waals surface area contributed by atoms with Crippen LogP contribution in [0.2, 0.25) is 0 Å². The van der Waals surface area contributed by atoms with Crippen molar-refractivity contribution >= 4 is 17.6 Å². The number of hydrogen-bond acceptors (Lipinski definition) is 5. The Bertz CT molecular complexity index is 1020. The Morgan fingerprint density at radius 3 is 2.56 bits per heavy atom. The first-order valence-electron chi connectivity index (χ1n) is 13.2. The maximum Gasteiger partial charge on any atom is 0.245 e. The molecule has 1 aromatic heterocycles. The third kappa shape index (κ3) is 6.40. The minimum atomic E-state index is -0.493. The summed E-state index contributed by atoms with van der Waals surface area (Å²) in [6.07, 6.45) is 8.89. The molecule has 1 aromatic carbocycles. The van der Waals surface area contributed by atoms with E-state index in [0.29, 0.717) is 13.1 Å². The number of anilines is 1. The summed E-state index contributed by atoms with van der Waals surface area (Å²) in [5, 5.41) is 9.38. The lowest BCUT2D eigenvalue weighted by Gasteiger charge is -2.35. The standard InChI is InChI=1S/C28H38FN5O2/c1-19(30-2)27(35)33-26(21-7-4-3-5-8-21)28(36)34-16-6-9-24(34)22-14-15-31-25(17-22)32-18-20-10-12-23(29)13-11-20/h10-15,17,19,21,24,26,30H,3-9,16,18H2,1-2H3,(H,31,32)(H,33,35)/t19-,24-,26-/m0/s1. The maximum absolute atomic E-state index is 13.9. The molecule has 2 heterocycles. The lowest BCUT2D eigenvalue weighted by atomic mass is 9.83. The van der Waals surface area contributed by atoms with Crippen molar-refractivity contribution in [2.75, 3.05) is 18.9 Å². The van der Waals surface area contributed by atoms with Gasteiger partial charge in [0.25, 0.3) is 0 Å². The third-order valence-electron chi connectivity index (χ3n) is 7.60. The first kappa shape index (κ1) is 26.1. The fourth-order valence-electron chi connectivity index (χ4n) is 5.36. The average molecular weight is 496 g/mol. The van der Waals surface area contributed by atoms with Crippen LogP contribution in [0.3, 0.4) is 0 Å². The molecule has 1 saturated carbocycles. The van der Waals surface area contributed by atoms with E-state index in [4.69, 9.17) is 0 Å². The molecule has 194 valence electrons. The molecular weight excluding hydrogens is 457 g/mol. The van der Waals surface area contributed by atoms with Gasteiger partial charge in [-0.25, -0.2) is 9.37 Å². The molecule has 0 unspecified atom stereocenters. The van der Waals surface area contributed by atoms with E-state index >= 15 is 0 Å². The van der Waals surface area contributed by atoms with E-state index in [1.807, 2.05) is 24.0 Å². The number of hydrogen-bond donors (Lipinski definition) is 3. The molecule has 2 aromatic rings. The molecular formula is C28H38FN5O2. The molecule has 2 aliphatic rings. The first-order chi connectivity index (χ1) is 17.5. The fraction of sp³-hybridized carbons (Fsp3) is 0.536. The third-order valence-corrected chi connectivity index (χ3v) is 7.60. The number of pyridine rings is 1. The summed E-state index contributed by atoms with van der Waals surface area (Å²) in [4.78, 5) is 33.1. The maximum atomic E-state index is 13.9. The SMILES string of the molecule is CN[C@@H](C)C(=O)N[C@H](C(=O)N1CCC[C@H]1c1ccnc(NCc2ccc(F)cc2)c1)C1CCCCC1. The predicted molar refractivity (Wildman–Crippen MR) is 139 cm³/mol. The smallest absolute Gasteiger partial charge is 0.245 e. The van der Waals surface area contributed by atoms with E-state index in [-0.39, 0.29) is 35.6 Å². The van der Waals surface area contributed by atoms with E-state index in [1.165, 1.54) is 18.6 Å². The molecule has 8 heteroatoms. The average Bonchev–Trinajstić information content (AvgIpc) is 3.41. The van der Waals surface area contributed by atoms with Crippen molar-refractivity contribution in [3.63, 3.8) is 0 Å². The van der Waals surface area contributed by atoms with Crippen LogP contribution in [0.5, 0.6) is 0 Å². The Kier molecular flexibility index (Phi) is 8.91. The Balaban J connectivity index is 1.48. The topological polar surface area (TPSA) is 86.4 Å². The Morgan fingerprint density at radius 1 is 1.08 bits per heavy atom. The fourth-order valence-corrected chi connectivity index (χ4v) is 5.36. The van der Waals surface area contributed by atoms with Gasteiger partial charge < -0.3 is 20.9 Å². The summed E-state index contributed by atoms with van der Waals surface area (Å²) in [6.45, 7) is 3.03. The van der Waals surface area contributed by atoms with Crippen molar-refractivity contribution in [1.29, 1.82) is 0 Å². The minimum absolute atomic E-state index is 0.0266. The van der Waals surface area contributed by atoms with Crippen LogP contribution in [0, 0.1) is 11.7 Å². The summed E-state index contributed by atoms with van der Waals surface area (Å²) < 4.78 is 13.2. The van der Waals surface area contributed by atoms with Crippen molar-refractivity contribution in [2.24, 2.45) is 5.92 Å². The first-order valence-corrected chi connectivity index (χ1v) is 13.2. The number of halogens is 1. The number of rotatable bonds is 9. The molecule has 1 aliphatic heterocycles. The Morgan fingerprint density at radius 2 is 1.83 bits per heavy atom. The quantitative estimate of drug-likeness (QED) is 0.486. The highest BCUT2D eigenvalue weighted by Gasteiger charge is 2.39. The summed E-state index contributed by atoms with van der Waals surface area (Å²) in [7, 11) is 1.75. The number of likely N-dealkylation sites (tertiary alicyclic amines) is 1. The lowest BCUT2D eigenvalue weighted by Crippen LogP contribution is -2.55. The summed E-state index contributed by atoms with van der Waals surface area (Å²) in [5.41, 5.74) is 2.00. The van der Waals surface area contributed by atoms with Crippen LogP contribution >= 0.6 is 0 Å². The Hall–Kier alpha value is -3.00. The zero-order valence-electron chi connectivity index (χ0n) is 21.3. The summed E-state index contributed by atoms with van der Waals surface area (Å²) in [6, 6.07) is 9.46. The van der Waals surface area contributed by atoms with E-state index in [9.17, 15) is 14.0 Å². The highest BCUT2D eigenvalue weighted by atomic mass is 19.1. The van der Waals surface area contributed by atoms with Gasteiger partial charge in [0, 0.05) is 19.3 Å². The van der Waals surface area contributed by atoms with Gasteiger partial charge in [0.05, 0.1) is 12.1 Å². The highest BCUT2D eigenvalue weighted by Crippen LogP contribution is 2.35. The van der Waals surface area contributed by atoms with Gasteiger partial charge in [-0.3, -0.25) is 9.59 Å². The zero-order chi connectivity index (χ0) is 25.5. The van der Waals surface area contributed by atoms with Crippen molar-refractivity contribution in [2.45, 2.75) is 76.5 Å². The zero-order valence-corrected chi connectivity index (χ0v) is 21.3. The summed E-state index contributed by atoms with van der Waals surface area (Å²) in [5.74, 6) is 0.530. The van der Waals surface area contributed by atoms with Crippen molar-refractivity contribution < 1.29 is 14.0 Å². The number of nitrogens with zero attached hydrogens (tertiary/aromatic N) is 2. The molecule has 0 bridgehead atoms. The molecule has 0 radical (unpaired) electrons. The second kappa shape index (κ2) is 12.3. The van der Waals surface area contributed by atoms with E-state index in [0.717, 1.165) is 55.5 Å². The largest absolute Gasteiger partial charge is 0.366 e. The van der Waals surface area contributed by atoms with Crippen LogP contribution in [-0.2, 0) is 16.1 Å². The van der Waals surface area contributed by atoms with Gasteiger partial charge in [-0.2, -0.15) is 0 Å². The van der Waals surface area contributed by atoms with Gasteiger partial charge >= 0.3 is 0 Å². The molecule has 1 aliphatic carbocycles. The molecule has 36 heavy (non-hydrogen) atoms. The van der Waals surface area contributed by atoms with Crippen molar-refractivity contribution in [3.05, 3.63) is 59.5 Å². The highest BCUT2D eigenvalue weighted by molar-refractivity contribution is 5.90. The second-order valence-corrected chi connectivity index (χ2v) is 10.0. The monoisotopic (exact) mass is 495 g/mol. The number of likely N-dealkylation sites (N-methyl/N-ethyl adjacent to an activating group) is 1. The number of nitrogens with one attached hydrogen (secondary N) is 3. The van der Waals surface area contributed by atoms with Crippen molar-refractivity contribution in [1.82, 2.24) is 20.5 Å². The molecule has 0 spiro atoms. The van der Waals surface area contributed by atoms with E-state index < -0.39 is 6.04 Å². The molecule has 2 fully saturated rings. The molecule has 4 rings (SSSR count). The van der Waals surface area contributed by atoms with Crippen LogP contribution in [0.1, 0.15) is 69.0 Å². The second-order valence-electron chi connectivity index (χ2n) is 10.0. The van der Waals surface area contributed by atoms with Gasteiger partial charge in [-0.1, -0.05) is 31.4 Å². The minimum Gasteiger partial charge on any atom is -0.366 e. The number of carbonyl (C=O) groups is 2. The molecule has 3 N–H and O–H groups in total. The van der Waals surface area contributed by atoms with Gasteiger partial charge in [0.15, 0.2) is 0 Å². The van der Waals surface area contributed by atoms with E-state index in [1.54, 1.807) is 25.4 Å². The lowest BCUT2D eigenvalue weighted by molar-refractivity contribution is -0.139. The molecule has 7 nitrogen and oxygen atoms in total. The predicted octanol–water partition coefficient (Wildman–Crippen LogP) is 4.17. The van der Waals surface area contributed by atoms with Crippen LogP contribution in [0.15, 0.2) is 42.6 Å². The van der Waals surface area contributed by atoms with Gasteiger partial charge in [-0.15, -0.1) is 0 Å². The Labute approximate surface area is 213 Å². The van der Waals surface area contributed by atoms with Crippen LogP contribution in [-0.4, -0.2) is 47.4 Å². The van der Waals surface area contributed by atoms with Gasteiger partial charge in [-0.05, 0) is 81.0 Å². The normalized spacial score (nSPS) is 20.1. The summed E-state index contributed by atoms with van der Waals surface area (Å²) >= 11 is 0. The molecule has 2 amide bonds. The van der Waals surface area contributed by atoms with Crippen LogP contribution < -0.4 is 16.0 Å². The number of carbonyl (C=O) groups excluding carboxylic acids is 2.